The zero-order valence-electron chi connectivity index (χ0n) is 12.9. The van der Waals surface area contributed by atoms with Gasteiger partial charge in [0.25, 0.3) is 0 Å². The molecule has 0 fully saturated rings. The molecule has 124 valence electrons. The maximum atomic E-state index is 10.4. The van der Waals surface area contributed by atoms with Gasteiger partial charge in [-0.1, -0.05) is 64.2 Å². The third-order valence-corrected chi connectivity index (χ3v) is 3.65. The molecule has 0 aliphatic rings. The first-order chi connectivity index (χ1) is 10.0. The van der Waals surface area contributed by atoms with Crippen LogP contribution in [0.3, 0.4) is 0 Å². The Kier molecular flexibility index (Phi) is 13.1. The number of aliphatic hydroxyl groups excluding tert-OH is 1. The Morgan fingerprint density at radius 3 is 1.43 bits per heavy atom. The maximum absolute atomic E-state index is 10.4. The molecular weight excluding hydrogens is 272 g/mol. The normalized spacial score (nSPS) is 12.2. The van der Waals surface area contributed by atoms with Crippen LogP contribution < -0.4 is 0 Å². The monoisotopic (exact) mass is 302 g/mol. The molecule has 0 aromatic carbocycles. The molecule has 21 heavy (non-hydrogen) atoms. The Bertz CT molecular complexity index is 278. The van der Waals surface area contributed by atoms with Crippen molar-refractivity contribution >= 4 is 11.9 Å². The van der Waals surface area contributed by atoms with E-state index < -0.39 is 18.0 Å². The predicted molar refractivity (Wildman–Crippen MR) is 81.3 cm³/mol. The average molecular weight is 302 g/mol. The summed E-state index contributed by atoms with van der Waals surface area (Å²) in [4.78, 5) is 20.7. The summed E-state index contributed by atoms with van der Waals surface area (Å²) in [6.45, 7) is 0. The highest BCUT2D eigenvalue weighted by atomic mass is 16.4. The number of carboxylic acid groups (broad SMARTS) is 2. The van der Waals surface area contributed by atoms with Crippen LogP contribution in [-0.2, 0) is 9.59 Å². The molecule has 0 bridgehead atoms. The summed E-state index contributed by atoms with van der Waals surface area (Å²) in [5, 5.41) is 26.1. The van der Waals surface area contributed by atoms with Crippen molar-refractivity contribution in [3.8, 4) is 0 Å². The first-order valence-electron chi connectivity index (χ1n) is 8.16. The summed E-state index contributed by atoms with van der Waals surface area (Å²) in [6, 6.07) is 0. The van der Waals surface area contributed by atoms with E-state index in [0.29, 0.717) is 6.42 Å². The SMILES string of the molecule is O=C(O)CCCCCCCCCCCCCC(O)C(=O)O. The fraction of sp³-hybridized carbons (Fsp3) is 0.875. The van der Waals surface area contributed by atoms with E-state index in [4.69, 9.17) is 15.3 Å². The lowest BCUT2D eigenvalue weighted by Gasteiger charge is -2.05. The van der Waals surface area contributed by atoms with Gasteiger partial charge in [0.05, 0.1) is 0 Å². The van der Waals surface area contributed by atoms with E-state index in [0.717, 1.165) is 38.5 Å². The molecule has 0 aromatic heterocycles. The fourth-order valence-corrected chi connectivity index (χ4v) is 2.33. The highest BCUT2D eigenvalue weighted by Crippen LogP contribution is 2.13. The van der Waals surface area contributed by atoms with Crippen LogP contribution in [0.2, 0.25) is 0 Å². The first-order valence-corrected chi connectivity index (χ1v) is 8.16. The molecule has 0 aromatic rings. The highest BCUT2D eigenvalue weighted by Gasteiger charge is 2.11. The zero-order valence-corrected chi connectivity index (χ0v) is 12.9. The van der Waals surface area contributed by atoms with Crippen LogP contribution in [0.4, 0.5) is 0 Å². The molecule has 0 aliphatic heterocycles. The van der Waals surface area contributed by atoms with Crippen LogP contribution in [0.15, 0.2) is 0 Å². The summed E-state index contributed by atoms with van der Waals surface area (Å²) in [6.07, 6.45) is 11.2. The van der Waals surface area contributed by atoms with Crippen LogP contribution in [0.1, 0.15) is 83.5 Å². The van der Waals surface area contributed by atoms with E-state index in [1.54, 1.807) is 0 Å². The van der Waals surface area contributed by atoms with Crippen molar-refractivity contribution in [3.63, 3.8) is 0 Å². The van der Waals surface area contributed by atoms with Crippen molar-refractivity contribution in [1.29, 1.82) is 0 Å². The number of aliphatic carboxylic acids is 2. The minimum Gasteiger partial charge on any atom is -0.481 e. The van der Waals surface area contributed by atoms with E-state index in [1.165, 1.54) is 32.1 Å². The Morgan fingerprint density at radius 2 is 1.05 bits per heavy atom. The van der Waals surface area contributed by atoms with Gasteiger partial charge in [-0.3, -0.25) is 4.79 Å². The molecule has 3 N–H and O–H groups in total. The molecule has 0 rings (SSSR count). The van der Waals surface area contributed by atoms with Crippen LogP contribution in [-0.4, -0.2) is 33.4 Å². The molecular formula is C16H30O5. The summed E-state index contributed by atoms with van der Waals surface area (Å²) in [5.41, 5.74) is 0. The van der Waals surface area contributed by atoms with Gasteiger partial charge < -0.3 is 15.3 Å². The maximum Gasteiger partial charge on any atom is 0.332 e. The molecule has 0 heterocycles. The minimum atomic E-state index is -1.20. The summed E-state index contributed by atoms with van der Waals surface area (Å²) in [7, 11) is 0. The fourth-order valence-electron chi connectivity index (χ4n) is 2.33. The molecule has 5 nitrogen and oxygen atoms in total. The number of rotatable bonds is 15. The Morgan fingerprint density at radius 1 is 0.667 bits per heavy atom. The Labute approximate surface area is 127 Å². The summed E-state index contributed by atoms with van der Waals surface area (Å²) < 4.78 is 0. The van der Waals surface area contributed by atoms with Crippen LogP contribution >= 0.6 is 0 Å². The van der Waals surface area contributed by atoms with Crippen molar-refractivity contribution in [1.82, 2.24) is 0 Å². The average Bonchev–Trinajstić information content (AvgIpc) is 2.43. The highest BCUT2D eigenvalue weighted by molar-refractivity contribution is 5.71. The van der Waals surface area contributed by atoms with Gasteiger partial charge in [0.2, 0.25) is 0 Å². The van der Waals surface area contributed by atoms with Gasteiger partial charge in [0.15, 0.2) is 6.10 Å². The zero-order chi connectivity index (χ0) is 15.9. The number of aliphatic hydroxyl groups is 1. The van der Waals surface area contributed by atoms with Gasteiger partial charge in [0, 0.05) is 6.42 Å². The largest absolute Gasteiger partial charge is 0.481 e. The van der Waals surface area contributed by atoms with Gasteiger partial charge >= 0.3 is 11.9 Å². The third kappa shape index (κ3) is 15.1. The Hall–Kier alpha value is -1.10. The van der Waals surface area contributed by atoms with Crippen LogP contribution in [0.25, 0.3) is 0 Å². The van der Waals surface area contributed by atoms with Crippen molar-refractivity contribution < 1.29 is 24.9 Å². The second kappa shape index (κ2) is 13.9. The van der Waals surface area contributed by atoms with Crippen LogP contribution in [0, 0.1) is 0 Å². The number of carbonyl (C=O) groups is 2. The van der Waals surface area contributed by atoms with Gasteiger partial charge in [-0.05, 0) is 12.8 Å². The predicted octanol–water partition coefficient (Wildman–Crippen LogP) is 3.59. The second-order valence-corrected chi connectivity index (χ2v) is 5.68. The quantitative estimate of drug-likeness (QED) is 0.402. The smallest absolute Gasteiger partial charge is 0.332 e. The van der Waals surface area contributed by atoms with Gasteiger partial charge in [-0.15, -0.1) is 0 Å². The topological polar surface area (TPSA) is 94.8 Å². The van der Waals surface area contributed by atoms with E-state index in [2.05, 4.69) is 0 Å². The summed E-state index contributed by atoms with van der Waals surface area (Å²) >= 11 is 0. The number of carboxylic acids is 2. The molecule has 1 atom stereocenters. The van der Waals surface area contributed by atoms with Crippen molar-refractivity contribution in [2.24, 2.45) is 0 Å². The number of unbranched alkanes of at least 4 members (excludes halogenated alkanes) is 10. The third-order valence-electron chi connectivity index (χ3n) is 3.65. The lowest BCUT2D eigenvalue weighted by molar-refractivity contribution is -0.147. The molecule has 1 unspecified atom stereocenters. The lowest BCUT2D eigenvalue weighted by Crippen LogP contribution is -2.18. The molecule has 5 heteroatoms. The molecule has 0 radical (unpaired) electrons. The second-order valence-electron chi connectivity index (χ2n) is 5.68. The standard InChI is InChI=1S/C16H30O5/c17-14(16(20)21)12-10-8-6-4-2-1-3-5-7-9-11-13-15(18)19/h14,17H,1-13H2,(H,18,19)(H,20,21). The molecule has 0 aliphatic carbocycles. The molecule has 0 saturated carbocycles. The van der Waals surface area contributed by atoms with Crippen molar-refractivity contribution in [2.45, 2.75) is 89.6 Å². The first kappa shape index (κ1) is 19.9. The van der Waals surface area contributed by atoms with E-state index in [1.807, 2.05) is 0 Å². The van der Waals surface area contributed by atoms with Gasteiger partial charge in [-0.25, -0.2) is 4.79 Å². The van der Waals surface area contributed by atoms with Crippen molar-refractivity contribution in [2.75, 3.05) is 0 Å². The molecule has 0 amide bonds. The van der Waals surface area contributed by atoms with E-state index >= 15 is 0 Å². The number of hydrogen-bond acceptors (Lipinski definition) is 3. The van der Waals surface area contributed by atoms with Crippen LogP contribution in [0.5, 0.6) is 0 Å². The molecule has 0 spiro atoms. The Balaban J connectivity index is 3.09. The number of hydrogen-bond donors (Lipinski definition) is 3. The lowest BCUT2D eigenvalue weighted by atomic mass is 10.0. The van der Waals surface area contributed by atoms with E-state index in [-0.39, 0.29) is 6.42 Å². The molecule has 0 saturated heterocycles. The summed E-state index contributed by atoms with van der Waals surface area (Å²) in [5.74, 6) is -1.83. The van der Waals surface area contributed by atoms with Gasteiger partial charge in [0.1, 0.15) is 0 Å². The van der Waals surface area contributed by atoms with Crippen molar-refractivity contribution in [3.05, 3.63) is 0 Å². The minimum absolute atomic E-state index is 0.288. The van der Waals surface area contributed by atoms with E-state index in [9.17, 15) is 9.59 Å². The van der Waals surface area contributed by atoms with Gasteiger partial charge in [-0.2, -0.15) is 0 Å².